The maximum atomic E-state index is 13.9. The fraction of sp³-hybridized carbons (Fsp3) is 0.438. The Morgan fingerprint density at radius 2 is 2.24 bits per heavy atom. The molecule has 0 spiro atoms. The van der Waals surface area contributed by atoms with E-state index in [9.17, 15) is 9.18 Å². The number of thiophene rings is 1. The van der Waals surface area contributed by atoms with Gasteiger partial charge in [-0.25, -0.2) is 4.39 Å². The molecule has 3 nitrogen and oxygen atoms in total. The van der Waals surface area contributed by atoms with E-state index in [2.05, 4.69) is 5.32 Å². The van der Waals surface area contributed by atoms with Crippen LogP contribution in [0.5, 0.6) is 0 Å². The highest BCUT2D eigenvalue weighted by Crippen LogP contribution is 2.48. The molecule has 1 amide bonds. The van der Waals surface area contributed by atoms with Crippen LogP contribution in [0.4, 0.5) is 4.39 Å². The molecule has 1 aliphatic carbocycles. The first-order valence-corrected chi connectivity index (χ1v) is 7.95. The second-order valence-corrected chi connectivity index (χ2v) is 6.88. The minimum atomic E-state index is -0.278. The lowest BCUT2D eigenvalue weighted by Crippen LogP contribution is -2.30. The van der Waals surface area contributed by atoms with Crippen LogP contribution < -0.4 is 5.32 Å². The van der Waals surface area contributed by atoms with Gasteiger partial charge in [0.25, 0.3) is 5.91 Å². The van der Waals surface area contributed by atoms with Crippen molar-refractivity contribution in [2.45, 2.75) is 26.2 Å². The maximum absolute atomic E-state index is 13.9. The van der Waals surface area contributed by atoms with Crippen molar-refractivity contribution in [1.29, 1.82) is 0 Å². The summed E-state index contributed by atoms with van der Waals surface area (Å²) in [5.41, 5.74) is 0.790. The van der Waals surface area contributed by atoms with Crippen molar-refractivity contribution in [2.24, 2.45) is 5.41 Å². The third kappa shape index (κ3) is 2.68. The summed E-state index contributed by atoms with van der Waals surface area (Å²) >= 11 is 1.33. The predicted octanol–water partition coefficient (Wildman–Crippen LogP) is 3.24. The number of halogens is 1. The third-order valence-electron chi connectivity index (χ3n) is 4.33. The number of aliphatic hydroxyl groups excluding tert-OH is 1. The van der Waals surface area contributed by atoms with Crippen LogP contribution in [0.2, 0.25) is 0 Å². The quantitative estimate of drug-likeness (QED) is 0.891. The molecule has 0 unspecified atom stereocenters. The van der Waals surface area contributed by atoms with E-state index in [0.29, 0.717) is 22.4 Å². The summed E-state index contributed by atoms with van der Waals surface area (Å²) < 4.78 is 14.7. The lowest BCUT2D eigenvalue weighted by Gasteiger charge is -2.14. The normalized spacial score (nSPS) is 16.1. The van der Waals surface area contributed by atoms with Crippen LogP contribution >= 0.6 is 11.3 Å². The van der Waals surface area contributed by atoms with E-state index in [0.717, 1.165) is 24.0 Å². The fourth-order valence-corrected chi connectivity index (χ4v) is 3.89. The lowest BCUT2D eigenvalue weighted by atomic mass is 10.0. The zero-order valence-electron chi connectivity index (χ0n) is 11.9. The number of fused-ring (bicyclic) bond motifs is 1. The Balaban J connectivity index is 1.79. The van der Waals surface area contributed by atoms with Gasteiger partial charge in [0.05, 0.1) is 4.88 Å². The average Bonchev–Trinajstić information content (AvgIpc) is 3.14. The van der Waals surface area contributed by atoms with Crippen LogP contribution in [0, 0.1) is 18.2 Å². The van der Waals surface area contributed by atoms with Gasteiger partial charge in [-0.2, -0.15) is 0 Å². The molecule has 0 aliphatic heterocycles. The molecule has 0 saturated heterocycles. The smallest absolute Gasteiger partial charge is 0.261 e. The molecule has 0 atom stereocenters. The molecule has 3 rings (SSSR count). The van der Waals surface area contributed by atoms with Gasteiger partial charge in [0.1, 0.15) is 5.82 Å². The highest BCUT2D eigenvalue weighted by Gasteiger charge is 2.42. The Labute approximate surface area is 126 Å². The van der Waals surface area contributed by atoms with Gasteiger partial charge in [-0.3, -0.25) is 4.79 Å². The van der Waals surface area contributed by atoms with E-state index in [-0.39, 0.29) is 23.7 Å². The summed E-state index contributed by atoms with van der Waals surface area (Å²) in [6.45, 7) is 2.53. The van der Waals surface area contributed by atoms with Crippen molar-refractivity contribution in [3.8, 4) is 0 Å². The number of rotatable bonds is 5. The zero-order valence-corrected chi connectivity index (χ0v) is 12.7. The molecule has 2 N–H and O–H groups in total. The van der Waals surface area contributed by atoms with Crippen molar-refractivity contribution < 1.29 is 14.3 Å². The molecule has 1 aliphatic rings. The monoisotopic (exact) mass is 307 g/mol. The number of aliphatic hydroxyl groups is 1. The van der Waals surface area contributed by atoms with Crippen LogP contribution in [-0.2, 0) is 0 Å². The fourth-order valence-electron chi connectivity index (χ4n) is 2.75. The highest BCUT2D eigenvalue weighted by molar-refractivity contribution is 7.21. The molecule has 1 fully saturated rings. The molecule has 112 valence electrons. The van der Waals surface area contributed by atoms with Gasteiger partial charge in [-0.15, -0.1) is 11.3 Å². The molecular formula is C16H18FNO2S. The Morgan fingerprint density at radius 1 is 1.48 bits per heavy atom. The van der Waals surface area contributed by atoms with Crippen molar-refractivity contribution in [3.63, 3.8) is 0 Å². The molecule has 1 heterocycles. The van der Waals surface area contributed by atoms with Gasteiger partial charge in [-0.05, 0) is 49.3 Å². The minimum Gasteiger partial charge on any atom is -0.396 e. The van der Waals surface area contributed by atoms with Gasteiger partial charge < -0.3 is 10.4 Å². The van der Waals surface area contributed by atoms with Crippen molar-refractivity contribution in [3.05, 3.63) is 34.5 Å². The number of aryl methyl sites for hydroxylation is 1. The highest BCUT2D eigenvalue weighted by atomic mass is 32.1. The molecule has 2 aromatic rings. The third-order valence-corrected chi connectivity index (χ3v) is 5.59. The van der Waals surface area contributed by atoms with Crippen LogP contribution in [0.3, 0.4) is 0 Å². The first-order chi connectivity index (χ1) is 10.1. The van der Waals surface area contributed by atoms with Crippen molar-refractivity contribution in [2.75, 3.05) is 13.2 Å². The summed E-state index contributed by atoms with van der Waals surface area (Å²) in [6.07, 6.45) is 2.83. The second-order valence-electron chi connectivity index (χ2n) is 5.83. The lowest BCUT2D eigenvalue weighted by molar-refractivity contribution is 0.0944. The number of hydrogen-bond donors (Lipinski definition) is 2. The van der Waals surface area contributed by atoms with Gasteiger partial charge in [0.15, 0.2) is 0 Å². The van der Waals surface area contributed by atoms with E-state index in [1.54, 1.807) is 13.0 Å². The minimum absolute atomic E-state index is 0.0836. The van der Waals surface area contributed by atoms with Crippen molar-refractivity contribution in [1.82, 2.24) is 5.32 Å². The summed E-state index contributed by atoms with van der Waals surface area (Å²) in [6, 6.07) is 4.92. The van der Waals surface area contributed by atoms with Crippen LogP contribution in [-0.4, -0.2) is 24.2 Å². The molecule has 21 heavy (non-hydrogen) atoms. The van der Waals surface area contributed by atoms with Crippen LogP contribution in [0.15, 0.2) is 18.2 Å². The number of benzene rings is 1. The number of carbonyl (C=O) groups is 1. The summed E-state index contributed by atoms with van der Waals surface area (Å²) in [4.78, 5) is 12.9. The molecular weight excluding hydrogens is 289 g/mol. The average molecular weight is 307 g/mol. The number of nitrogens with one attached hydrogen (secondary N) is 1. The maximum Gasteiger partial charge on any atom is 0.261 e. The van der Waals surface area contributed by atoms with Gasteiger partial charge >= 0.3 is 0 Å². The van der Waals surface area contributed by atoms with E-state index < -0.39 is 0 Å². The van der Waals surface area contributed by atoms with Gasteiger partial charge in [-0.1, -0.05) is 6.07 Å². The topological polar surface area (TPSA) is 49.3 Å². The molecule has 0 bridgehead atoms. The van der Waals surface area contributed by atoms with E-state index in [1.165, 1.54) is 17.4 Å². The first-order valence-electron chi connectivity index (χ1n) is 7.13. The van der Waals surface area contributed by atoms with Gasteiger partial charge in [0, 0.05) is 23.2 Å². The summed E-state index contributed by atoms with van der Waals surface area (Å²) in [7, 11) is 0. The number of hydrogen-bond acceptors (Lipinski definition) is 3. The Kier molecular flexibility index (Phi) is 3.71. The Morgan fingerprint density at radius 3 is 2.86 bits per heavy atom. The predicted molar refractivity (Wildman–Crippen MR) is 82.2 cm³/mol. The molecule has 5 heteroatoms. The number of amides is 1. The Hall–Kier alpha value is -1.46. The Bertz CT molecular complexity index is 691. The SMILES string of the molecule is Cc1c(C(=O)NCC2(CCO)CC2)sc2cccc(F)c12. The standard InChI is InChI=1S/C16H18FNO2S/c1-10-13-11(17)3-2-4-12(13)21-14(10)15(20)18-9-16(5-6-16)7-8-19/h2-4,19H,5-9H2,1H3,(H,18,20). The van der Waals surface area contributed by atoms with E-state index >= 15 is 0 Å². The second kappa shape index (κ2) is 5.39. The number of carbonyl (C=O) groups excluding carboxylic acids is 1. The van der Waals surface area contributed by atoms with E-state index in [1.807, 2.05) is 6.07 Å². The van der Waals surface area contributed by atoms with Crippen LogP contribution in [0.1, 0.15) is 34.5 Å². The van der Waals surface area contributed by atoms with Gasteiger partial charge in [0.2, 0.25) is 0 Å². The van der Waals surface area contributed by atoms with Crippen molar-refractivity contribution >= 4 is 27.3 Å². The molecule has 1 aromatic carbocycles. The molecule has 1 saturated carbocycles. The van der Waals surface area contributed by atoms with Crippen LogP contribution in [0.25, 0.3) is 10.1 Å². The molecule has 1 aromatic heterocycles. The summed E-state index contributed by atoms with van der Waals surface area (Å²) in [5, 5.41) is 12.5. The first kappa shape index (κ1) is 14.5. The zero-order chi connectivity index (χ0) is 15.0. The van der Waals surface area contributed by atoms with E-state index in [4.69, 9.17) is 5.11 Å². The largest absolute Gasteiger partial charge is 0.396 e. The summed E-state index contributed by atoms with van der Waals surface area (Å²) in [5.74, 6) is -0.420. The molecule has 0 radical (unpaired) electrons.